The fourth-order valence-corrected chi connectivity index (χ4v) is 2.50. The van der Waals surface area contributed by atoms with Gasteiger partial charge in [-0.25, -0.2) is 4.79 Å². The van der Waals surface area contributed by atoms with E-state index in [-0.39, 0.29) is 0 Å². The van der Waals surface area contributed by atoms with Crippen molar-refractivity contribution in [2.75, 3.05) is 21.3 Å². The van der Waals surface area contributed by atoms with Crippen LogP contribution in [0.15, 0.2) is 16.6 Å². The van der Waals surface area contributed by atoms with Gasteiger partial charge in [0, 0.05) is 12.6 Å². The predicted molar refractivity (Wildman–Crippen MR) is 81.1 cm³/mol. The van der Waals surface area contributed by atoms with Crippen LogP contribution in [0.5, 0.6) is 11.5 Å². The molecule has 1 aromatic carbocycles. The maximum atomic E-state index is 12.4. The number of benzene rings is 1. The Morgan fingerprint density at radius 3 is 2.10 bits per heavy atom. The lowest BCUT2D eigenvalue weighted by Gasteiger charge is -2.24. The van der Waals surface area contributed by atoms with E-state index < -0.39 is 17.9 Å². The molecule has 0 spiro atoms. The minimum absolute atomic E-state index is 0.300. The second-order valence-electron chi connectivity index (χ2n) is 4.37. The molecule has 0 bridgehead atoms. The summed E-state index contributed by atoms with van der Waals surface area (Å²) in [6.45, 7) is 1.71. The zero-order chi connectivity index (χ0) is 16.2. The summed E-state index contributed by atoms with van der Waals surface area (Å²) < 4.78 is 11.0. The lowest BCUT2D eigenvalue weighted by atomic mass is 10.1. The van der Waals surface area contributed by atoms with E-state index in [0.717, 1.165) is 0 Å². The quantitative estimate of drug-likeness (QED) is 0.843. The Morgan fingerprint density at radius 2 is 1.76 bits per heavy atom. The van der Waals surface area contributed by atoms with Crippen molar-refractivity contribution in [2.24, 2.45) is 0 Å². The molecule has 1 amide bonds. The molecule has 1 unspecified atom stereocenters. The van der Waals surface area contributed by atoms with Crippen LogP contribution in [0.1, 0.15) is 23.7 Å². The molecular weight excluding hydrogens is 342 g/mol. The van der Waals surface area contributed by atoms with Crippen LogP contribution in [0.2, 0.25) is 0 Å². The number of halogens is 1. The second-order valence-corrected chi connectivity index (χ2v) is 5.17. The number of nitrogens with zero attached hydrogens (tertiary/aromatic N) is 1. The number of hydrogen-bond donors (Lipinski definition) is 1. The number of amides is 1. The van der Waals surface area contributed by atoms with Crippen LogP contribution in [0.4, 0.5) is 0 Å². The van der Waals surface area contributed by atoms with Crippen LogP contribution >= 0.6 is 15.9 Å². The zero-order valence-corrected chi connectivity index (χ0v) is 13.9. The number of hydrogen-bond acceptors (Lipinski definition) is 4. The topological polar surface area (TPSA) is 76.1 Å². The molecule has 1 rings (SSSR count). The Balaban J connectivity index is 3.21. The number of aliphatic carboxylic acids is 1. The summed E-state index contributed by atoms with van der Waals surface area (Å²) in [6.07, 6.45) is 0.322. The summed E-state index contributed by atoms with van der Waals surface area (Å²) in [7, 11) is 4.42. The van der Waals surface area contributed by atoms with Gasteiger partial charge in [-0.15, -0.1) is 0 Å². The molecule has 1 aromatic rings. The van der Waals surface area contributed by atoms with E-state index in [1.807, 2.05) is 0 Å². The van der Waals surface area contributed by atoms with Gasteiger partial charge in [-0.05, 0) is 34.5 Å². The predicted octanol–water partition coefficient (Wildman–Crippen LogP) is 2.40. The Morgan fingerprint density at radius 1 is 1.29 bits per heavy atom. The average molecular weight is 360 g/mol. The van der Waals surface area contributed by atoms with Crippen LogP contribution in [0.3, 0.4) is 0 Å². The molecular formula is C14H18BrNO5. The molecule has 6 nitrogen and oxygen atoms in total. The molecule has 21 heavy (non-hydrogen) atoms. The molecule has 0 aliphatic carbocycles. The van der Waals surface area contributed by atoms with E-state index in [2.05, 4.69) is 15.9 Å². The van der Waals surface area contributed by atoms with Crippen molar-refractivity contribution >= 4 is 27.8 Å². The Kier molecular flexibility index (Phi) is 6.02. The van der Waals surface area contributed by atoms with Crippen molar-refractivity contribution in [1.29, 1.82) is 0 Å². The van der Waals surface area contributed by atoms with E-state index in [9.17, 15) is 9.59 Å². The normalized spacial score (nSPS) is 11.7. The molecule has 0 aromatic heterocycles. The highest BCUT2D eigenvalue weighted by Crippen LogP contribution is 2.36. The van der Waals surface area contributed by atoms with Gasteiger partial charge in [0.05, 0.1) is 14.2 Å². The molecule has 0 saturated carbocycles. The Labute approximate surface area is 131 Å². The molecule has 0 radical (unpaired) electrons. The van der Waals surface area contributed by atoms with Crippen LogP contribution < -0.4 is 9.47 Å². The van der Waals surface area contributed by atoms with Gasteiger partial charge >= 0.3 is 5.97 Å². The first-order chi connectivity index (χ1) is 9.87. The van der Waals surface area contributed by atoms with Gasteiger partial charge in [0.15, 0.2) is 0 Å². The molecule has 0 aliphatic heterocycles. The fourth-order valence-electron chi connectivity index (χ4n) is 1.95. The van der Waals surface area contributed by atoms with Crippen molar-refractivity contribution in [3.63, 3.8) is 0 Å². The summed E-state index contributed by atoms with van der Waals surface area (Å²) in [5.74, 6) is -0.568. The number of ether oxygens (including phenoxy) is 2. The average Bonchev–Trinajstić information content (AvgIpc) is 2.46. The number of carbonyl (C=O) groups is 2. The fraction of sp³-hybridized carbons (Fsp3) is 0.429. The minimum atomic E-state index is -1.04. The molecule has 0 fully saturated rings. The summed E-state index contributed by atoms with van der Waals surface area (Å²) in [5, 5.41) is 9.13. The molecule has 0 aliphatic rings. The third-order valence-electron chi connectivity index (χ3n) is 3.15. The molecule has 0 saturated heterocycles. The third kappa shape index (κ3) is 3.66. The molecule has 0 heterocycles. The summed E-state index contributed by atoms with van der Waals surface area (Å²) in [4.78, 5) is 24.8. The summed E-state index contributed by atoms with van der Waals surface area (Å²) >= 11 is 3.32. The Bertz CT molecular complexity index is 521. The zero-order valence-electron chi connectivity index (χ0n) is 12.3. The largest absolute Gasteiger partial charge is 0.495 e. The van der Waals surface area contributed by atoms with Crippen LogP contribution in [0.25, 0.3) is 0 Å². The third-order valence-corrected chi connectivity index (χ3v) is 3.93. The van der Waals surface area contributed by atoms with E-state index in [1.165, 1.54) is 26.2 Å². The lowest BCUT2D eigenvalue weighted by Crippen LogP contribution is -2.41. The van der Waals surface area contributed by atoms with Crippen LogP contribution in [-0.2, 0) is 4.79 Å². The highest BCUT2D eigenvalue weighted by Gasteiger charge is 2.26. The number of carbonyl (C=O) groups excluding carboxylic acids is 1. The van der Waals surface area contributed by atoms with Crippen molar-refractivity contribution < 1.29 is 24.2 Å². The smallest absolute Gasteiger partial charge is 0.326 e. The highest BCUT2D eigenvalue weighted by molar-refractivity contribution is 9.10. The standard InChI is InChI=1S/C14H18BrNO5/c1-5-9(14(18)19)16(2)13(17)8-6-10(20-3)12(15)11(7-8)21-4/h6-7,9H,5H2,1-4H3,(H,18,19). The number of methoxy groups -OCH3 is 2. The number of likely N-dealkylation sites (N-methyl/N-ethyl adjacent to an activating group) is 1. The highest BCUT2D eigenvalue weighted by atomic mass is 79.9. The number of carboxylic acid groups (broad SMARTS) is 1. The van der Waals surface area contributed by atoms with Crippen molar-refractivity contribution in [3.8, 4) is 11.5 Å². The van der Waals surface area contributed by atoms with Crippen LogP contribution in [-0.4, -0.2) is 49.2 Å². The van der Waals surface area contributed by atoms with Crippen LogP contribution in [0, 0.1) is 0 Å². The maximum Gasteiger partial charge on any atom is 0.326 e. The number of carboxylic acids is 1. The van der Waals surface area contributed by atoms with E-state index in [0.29, 0.717) is 28.0 Å². The lowest BCUT2D eigenvalue weighted by molar-refractivity contribution is -0.142. The first-order valence-corrected chi connectivity index (χ1v) is 7.08. The van der Waals surface area contributed by atoms with E-state index in [1.54, 1.807) is 19.1 Å². The van der Waals surface area contributed by atoms with Crippen molar-refractivity contribution in [1.82, 2.24) is 4.90 Å². The van der Waals surface area contributed by atoms with Gasteiger partial charge in [-0.1, -0.05) is 6.92 Å². The van der Waals surface area contributed by atoms with Crippen molar-refractivity contribution in [2.45, 2.75) is 19.4 Å². The Hall–Kier alpha value is -1.76. The molecule has 1 N–H and O–H groups in total. The van der Waals surface area contributed by atoms with E-state index in [4.69, 9.17) is 14.6 Å². The summed E-state index contributed by atoms with van der Waals surface area (Å²) in [6, 6.07) is 2.21. The van der Waals surface area contributed by atoms with Gasteiger partial charge in [-0.2, -0.15) is 0 Å². The minimum Gasteiger partial charge on any atom is -0.495 e. The first kappa shape index (κ1) is 17.3. The van der Waals surface area contributed by atoms with Gasteiger partial charge < -0.3 is 19.5 Å². The first-order valence-electron chi connectivity index (χ1n) is 6.28. The van der Waals surface area contributed by atoms with E-state index >= 15 is 0 Å². The van der Waals surface area contributed by atoms with Crippen molar-refractivity contribution in [3.05, 3.63) is 22.2 Å². The number of rotatable bonds is 6. The van der Waals surface area contributed by atoms with Gasteiger partial charge in [0.2, 0.25) is 0 Å². The van der Waals surface area contributed by atoms with Gasteiger partial charge in [0.25, 0.3) is 5.91 Å². The SMILES string of the molecule is CCC(C(=O)O)N(C)C(=O)c1cc(OC)c(Br)c(OC)c1. The monoisotopic (exact) mass is 359 g/mol. The van der Waals surface area contributed by atoms with Gasteiger partial charge in [-0.3, -0.25) is 4.79 Å². The second kappa shape index (κ2) is 7.31. The molecule has 116 valence electrons. The molecule has 7 heteroatoms. The molecule has 1 atom stereocenters. The summed E-state index contributed by atoms with van der Waals surface area (Å²) in [5.41, 5.74) is 0.300. The van der Waals surface area contributed by atoms with Gasteiger partial charge in [0.1, 0.15) is 22.0 Å². The maximum absolute atomic E-state index is 12.4.